The van der Waals surface area contributed by atoms with E-state index in [4.69, 9.17) is 9.47 Å². The molecule has 0 radical (unpaired) electrons. The van der Waals surface area contributed by atoms with Crippen LogP contribution in [0.4, 0.5) is 0 Å². The summed E-state index contributed by atoms with van der Waals surface area (Å²) in [5.74, 6) is 1.15. The number of carbonyl (C=O) groups is 2. The van der Waals surface area contributed by atoms with Crippen LogP contribution in [0.5, 0.6) is 0 Å². The Bertz CT molecular complexity index is 363. The van der Waals surface area contributed by atoms with Gasteiger partial charge in [0.25, 0.3) is 0 Å². The first kappa shape index (κ1) is 25.9. The van der Waals surface area contributed by atoms with Crippen molar-refractivity contribution in [2.45, 2.75) is 106 Å². The monoisotopic (exact) mass is 384 g/mol. The zero-order valence-corrected chi connectivity index (χ0v) is 18.8. The summed E-state index contributed by atoms with van der Waals surface area (Å²) in [4.78, 5) is 23.7. The van der Waals surface area contributed by atoms with Crippen molar-refractivity contribution in [1.82, 2.24) is 0 Å². The molecule has 0 aliphatic carbocycles. The summed E-state index contributed by atoms with van der Waals surface area (Å²) in [6, 6.07) is 0. The Morgan fingerprint density at radius 1 is 0.667 bits per heavy atom. The highest BCUT2D eigenvalue weighted by atomic mass is 16.5. The number of unbranched alkanes of at least 4 members (excludes halogenated alkanes) is 4. The largest absolute Gasteiger partial charge is 0.465 e. The Morgan fingerprint density at radius 3 is 1.37 bits per heavy atom. The summed E-state index contributed by atoms with van der Waals surface area (Å²) in [6.07, 6.45) is 9.64. The molecule has 4 nitrogen and oxygen atoms in total. The SMILES string of the molecule is CC(C)CCCCCC(=O)OCC(C)(C)COC(=O)CCCCCC(C)C. The second-order valence-corrected chi connectivity index (χ2v) is 9.47. The molecule has 0 atom stereocenters. The topological polar surface area (TPSA) is 52.6 Å². The molecule has 0 aliphatic heterocycles. The lowest BCUT2D eigenvalue weighted by atomic mass is 9.96. The van der Waals surface area contributed by atoms with Gasteiger partial charge in [0.1, 0.15) is 0 Å². The molecular formula is C23H44O4. The maximum absolute atomic E-state index is 11.8. The first-order valence-electron chi connectivity index (χ1n) is 10.9. The van der Waals surface area contributed by atoms with Crippen LogP contribution < -0.4 is 0 Å². The molecule has 0 rings (SSSR count). The smallest absolute Gasteiger partial charge is 0.305 e. The van der Waals surface area contributed by atoms with E-state index < -0.39 is 0 Å². The summed E-state index contributed by atoms with van der Waals surface area (Å²) in [7, 11) is 0. The molecular weight excluding hydrogens is 340 g/mol. The molecule has 160 valence electrons. The molecule has 0 spiro atoms. The molecule has 0 N–H and O–H groups in total. The lowest BCUT2D eigenvalue weighted by molar-refractivity contribution is -0.152. The van der Waals surface area contributed by atoms with Gasteiger partial charge in [-0.3, -0.25) is 9.59 Å². The number of carbonyl (C=O) groups excluding carboxylic acids is 2. The zero-order chi connectivity index (χ0) is 20.7. The van der Waals surface area contributed by atoms with Crippen molar-refractivity contribution in [2.24, 2.45) is 17.3 Å². The predicted octanol–water partition coefficient (Wildman–Crippen LogP) is 6.31. The molecule has 0 amide bonds. The van der Waals surface area contributed by atoms with Crippen LogP contribution in [0, 0.1) is 17.3 Å². The number of hydrogen-bond donors (Lipinski definition) is 0. The summed E-state index contributed by atoms with van der Waals surface area (Å²) in [5, 5.41) is 0. The van der Waals surface area contributed by atoms with E-state index in [2.05, 4.69) is 27.7 Å². The maximum atomic E-state index is 11.8. The van der Waals surface area contributed by atoms with Crippen LogP contribution in [-0.2, 0) is 19.1 Å². The Balaban J connectivity index is 3.76. The molecule has 4 heteroatoms. The average molecular weight is 385 g/mol. The molecule has 0 heterocycles. The van der Waals surface area contributed by atoms with Crippen molar-refractivity contribution < 1.29 is 19.1 Å². The van der Waals surface area contributed by atoms with Gasteiger partial charge in [0.2, 0.25) is 0 Å². The van der Waals surface area contributed by atoms with Crippen molar-refractivity contribution in [1.29, 1.82) is 0 Å². The minimum Gasteiger partial charge on any atom is -0.465 e. The Hall–Kier alpha value is -1.06. The van der Waals surface area contributed by atoms with Gasteiger partial charge in [0.05, 0.1) is 13.2 Å². The van der Waals surface area contributed by atoms with E-state index in [1.54, 1.807) is 0 Å². The van der Waals surface area contributed by atoms with Crippen molar-refractivity contribution in [3.8, 4) is 0 Å². The molecule has 0 aromatic carbocycles. The van der Waals surface area contributed by atoms with Crippen LogP contribution in [0.15, 0.2) is 0 Å². The number of esters is 2. The third-order valence-corrected chi connectivity index (χ3v) is 4.57. The Morgan fingerprint density at radius 2 is 1.04 bits per heavy atom. The summed E-state index contributed by atoms with van der Waals surface area (Å²) >= 11 is 0. The fourth-order valence-corrected chi connectivity index (χ4v) is 2.74. The standard InChI is InChI=1S/C23H44O4/c1-19(2)13-9-7-11-15-21(24)26-17-23(5,6)18-27-22(25)16-12-8-10-14-20(3)4/h19-20H,7-18H2,1-6H3. The highest BCUT2D eigenvalue weighted by molar-refractivity contribution is 5.69. The fourth-order valence-electron chi connectivity index (χ4n) is 2.74. The minimum atomic E-state index is -0.347. The number of hydrogen-bond acceptors (Lipinski definition) is 4. The molecule has 0 fully saturated rings. The number of rotatable bonds is 16. The fraction of sp³-hybridized carbons (Fsp3) is 0.913. The van der Waals surface area contributed by atoms with Gasteiger partial charge in [0.15, 0.2) is 0 Å². The highest BCUT2D eigenvalue weighted by Gasteiger charge is 2.22. The molecule has 0 saturated carbocycles. The second kappa shape index (κ2) is 14.9. The van der Waals surface area contributed by atoms with Gasteiger partial charge in [-0.1, -0.05) is 80.1 Å². The zero-order valence-electron chi connectivity index (χ0n) is 18.8. The van der Waals surface area contributed by atoms with Crippen LogP contribution in [-0.4, -0.2) is 25.2 Å². The van der Waals surface area contributed by atoms with Crippen LogP contribution in [0.3, 0.4) is 0 Å². The average Bonchev–Trinajstić information content (AvgIpc) is 2.57. The van der Waals surface area contributed by atoms with Gasteiger partial charge in [-0.05, 0) is 24.7 Å². The van der Waals surface area contributed by atoms with Crippen molar-refractivity contribution >= 4 is 11.9 Å². The molecule has 0 aromatic heterocycles. The normalized spacial score (nSPS) is 11.9. The van der Waals surface area contributed by atoms with Crippen molar-refractivity contribution in [3.63, 3.8) is 0 Å². The van der Waals surface area contributed by atoms with E-state index in [9.17, 15) is 9.59 Å². The summed E-state index contributed by atoms with van der Waals surface area (Å²) < 4.78 is 10.7. The molecule has 0 bridgehead atoms. The Labute approximate surface area is 167 Å². The summed E-state index contributed by atoms with van der Waals surface area (Å²) in [6.45, 7) is 13.4. The van der Waals surface area contributed by atoms with E-state index >= 15 is 0 Å². The first-order chi connectivity index (χ1) is 12.6. The van der Waals surface area contributed by atoms with Gasteiger partial charge < -0.3 is 9.47 Å². The first-order valence-corrected chi connectivity index (χ1v) is 10.9. The third kappa shape index (κ3) is 18.1. The van der Waals surface area contributed by atoms with Crippen LogP contribution >= 0.6 is 0 Å². The van der Waals surface area contributed by atoms with E-state index in [1.807, 2.05) is 13.8 Å². The van der Waals surface area contributed by atoms with E-state index in [1.165, 1.54) is 25.7 Å². The molecule has 0 aliphatic rings. The third-order valence-electron chi connectivity index (χ3n) is 4.57. The lowest BCUT2D eigenvalue weighted by Crippen LogP contribution is -2.28. The van der Waals surface area contributed by atoms with E-state index in [0.717, 1.165) is 37.5 Å². The quantitative estimate of drug-likeness (QED) is 0.231. The van der Waals surface area contributed by atoms with Crippen LogP contribution in [0.25, 0.3) is 0 Å². The lowest BCUT2D eigenvalue weighted by Gasteiger charge is -2.23. The number of ether oxygens (including phenoxy) is 2. The van der Waals surface area contributed by atoms with Crippen molar-refractivity contribution in [3.05, 3.63) is 0 Å². The minimum absolute atomic E-state index is 0.149. The maximum Gasteiger partial charge on any atom is 0.305 e. The molecule has 0 saturated heterocycles. The van der Waals surface area contributed by atoms with E-state index in [0.29, 0.717) is 26.1 Å². The van der Waals surface area contributed by atoms with Gasteiger partial charge in [0, 0.05) is 18.3 Å². The van der Waals surface area contributed by atoms with E-state index in [-0.39, 0.29) is 17.4 Å². The van der Waals surface area contributed by atoms with Gasteiger partial charge >= 0.3 is 11.9 Å². The second-order valence-electron chi connectivity index (χ2n) is 9.47. The molecule has 27 heavy (non-hydrogen) atoms. The van der Waals surface area contributed by atoms with Gasteiger partial charge in [-0.25, -0.2) is 0 Å². The highest BCUT2D eigenvalue weighted by Crippen LogP contribution is 2.18. The predicted molar refractivity (Wildman–Crippen MR) is 112 cm³/mol. The van der Waals surface area contributed by atoms with Crippen molar-refractivity contribution in [2.75, 3.05) is 13.2 Å². The molecule has 0 aromatic rings. The molecule has 0 unspecified atom stereocenters. The van der Waals surface area contributed by atoms with Gasteiger partial charge in [-0.15, -0.1) is 0 Å². The summed E-state index contributed by atoms with van der Waals surface area (Å²) in [5.41, 5.74) is -0.347. The Kier molecular flexibility index (Phi) is 14.3. The van der Waals surface area contributed by atoms with Crippen LogP contribution in [0.1, 0.15) is 106 Å². The van der Waals surface area contributed by atoms with Gasteiger partial charge in [-0.2, -0.15) is 0 Å². The van der Waals surface area contributed by atoms with Crippen LogP contribution in [0.2, 0.25) is 0 Å².